The van der Waals surface area contributed by atoms with Gasteiger partial charge in [-0.3, -0.25) is 5.32 Å². The number of carbonyl (C=O) groups excluding carboxylic acids is 1. The zero-order chi connectivity index (χ0) is 20.8. The molecule has 0 saturated carbocycles. The van der Waals surface area contributed by atoms with E-state index in [-0.39, 0.29) is 12.0 Å². The highest BCUT2D eigenvalue weighted by Crippen LogP contribution is 2.19. The molecule has 2 aromatic carbocycles. The third-order valence-corrected chi connectivity index (χ3v) is 4.93. The lowest BCUT2D eigenvalue weighted by atomic mass is 10.1. The van der Waals surface area contributed by atoms with Crippen molar-refractivity contribution in [2.24, 2.45) is 0 Å². The van der Waals surface area contributed by atoms with Gasteiger partial charge in [0.05, 0.1) is 6.61 Å². The molecule has 0 bridgehead atoms. The number of hydroxylamine groups is 1. The first-order valence-corrected chi connectivity index (χ1v) is 10.2. The van der Waals surface area contributed by atoms with E-state index in [0.717, 1.165) is 48.9 Å². The Morgan fingerprint density at radius 1 is 1.13 bits per heavy atom. The lowest BCUT2D eigenvalue weighted by Gasteiger charge is -2.23. The van der Waals surface area contributed by atoms with Gasteiger partial charge in [0, 0.05) is 30.0 Å². The molecule has 156 valence electrons. The first-order valence-electron chi connectivity index (χ1n) is 10.2. The normalized spacial score (nSPS) is 16.2. The van der Waals surface area contributed by atoms with Crippen LogP contribution >= 0.6 is 0 Å². The molecule has 3 aromatic rings. The molecule has 1 saturated heterocycles. The SMILES string of the molecule is Cc1cc(NCCC2CCCON2)nc(NC(=O)Nc2ccc3ccccc3c2)n1. The summed E-state index contributed by atoms with van der Waals surface area (Å²) in [6.07, 6.45) is 3.10. The van der Waals surface area contributed by atoms with Crippen LogP contribution in [0.5, 0.6) is 0 Å². The zero-order valence-corrected chi connectivity index (χ0v) is 16.9. The summed E-state index contributed by atoms with van der Waals surface area (Å²) in [7, 11) is 0. The summed E-state index contributed by atoms with van der Waals surface area (Å²) in [5.74, 6) is 0.940. The minimum absolute atomic E-state index is 0.259. The van der Waals surface area contributed by atoms with Crippen LogP contribution in [0.2, 0.25) is 0 Å². The molecule has 0 aliphatic carbocycles. The molecule has 2 amide bonds. The van der Waals surface area contributed by atoms with Crippen LogP contribution < -0.4 is 21.4 Å². The van der Waals surface area contributed by atoms with E-state index in [4.69, 9.17) is 4.84 Å². The number of benzene rings is 2. The Morgan fingerprint density at radius 2 is 2.00 bits per heavy atom. The number of nitrogens with one attached hydrogen (secondary N) is 4. The van der Waals surface area contributed by atoms with E-state index in [1.165, 1.54) is 0 Å². The highest BCUT2D eigenvalue weighted by Gasteiger charge is 2.13. The van der Waals surface area contributed by atoms with Gasteiger partial charge in [-0.1, -0.05) is 30.3 Å². The number of hydrogen-bond donors (Lipinski definition) is 4. The van der Waals surface area contributed by atoms with Crippen LogP contribution in [0, 0.1) is 6.92 Å². The molecule has 0 spiro atoms. The predicted octanol–water partition coefficient (Wildman–Crippen LogP) is 4.07. The molecular formula is C22H26N6O2. The number of carbonyl (C=O) groups is 1. The highest BCUT2D eigenvalue weighted by atomic mass is 16.6. The van der Waals surface area contributed by atoms with Gasteiger partial charge in [0.2, 0.25) is 5.95 Å². The molecule has 1 aromatic heterocycles. The summed E-state index contributed by atoms with van der Waals surface area (Å²) in [5.41, 5.74) is 4.53. The first kappa shape index (κ1) is 20.1. The quantitative estimate of drug-likeness (QED) is 0.492. The van der Waals surface area contributed by atoms with Crippen molar-refractivity contribution in [1.29, 1.82) is 0 Å². The molecule has 2 heterocycles. The summed E-state index contributed by atoms with van der Waals surface area (Å²) in [6.45, 7) is 3.39. The number of urea groups is 1. The van der Waals surface area contributed by atoms with E-state index in [1.807, 2.05) is 55.5 Å². The summed E-state index contributed by atoms with van der Waals surface area (Å²) >= 11 is 0. The molecule has 1 aliphatic heterocycles. The molecule has 1 unspecified atom stereocenters. The molecule has 4 N–H and O–H groups in total. The van der Waals surface area contributed by atoms with Crippen LogP contribution in [0.15, 0.2) is 48.5 Å². The Balaban J connectivity index is 1.34. The third kappa shape index (κ3) is 5.43. The minimum Gasteiger partial charge on any atom is -0.370 e. The minimum atomic E-state index is -0.384. The van der Waals surface area contributed by atoms with Gasteiger partial charge in [-0.2, -0.15) is 10.5 Å². The number of aryl methyl sites for hydroxylation is 1. The van der Waals surface area contributed by atoms with Gasteiger partial charge in [-0.15, -0.1) is 0 Å². The van der Waals surface area contributed by atoms with Crippen LogP contribution in [-0.4, -0.2) is 35.2 Å². The molecule has 1 atom stereocenters. The van der Waals surface area contributed by atoms with E-state index < -0.39 is 0 Å². The van der Waals surface area contributed by atoms with Gasteiger partial charge in [-0.05, 0) is 49.1 Å². The fourth-order valence-corrected chi connectivity index (χ4v) is 3.46. The average Bonchev–Trinajstić information content (AvgIpc) is 2.74. The molecule has 1 aliphatic rings. The van der Waals surface area contributed by atoms with Crippen LogP contribution in [0.1, 0.15) is 25.0 Å². The zero-order valence-electron chi connectivity index (χ0n) is 16.9. The number of fused-ring (bicyclic) bond motifs is 1. The van der Waals surface area contributed by atoms with E-state index in [2.05, 4.69) is 31.4 Å². The van der Waals surface area contributed by atoms with E-state index in [0.29, 0.717) is 17.5 Å². The largest absolute Gasteiger partial charge is 0.370 e. The Hall–Kier alpha value is -3.23. The molecular weight excluding hydrogens is 380 g/mol. The summed E-state index contributed by atoms with van der Waals surface area (Å²) in [6, 6.07) is 15.6. The number of anilines is 3. The highest BCUT2D eigenvalue weighted by molar-refractivity contribution is 6.00. The van der Waals surface area contributed by atoms with Gasteiger partial charge in [-0.25, -0.2) is 9.78 Å². The van der Waals surface area contributed by atoms with Crippen molar-refractivity contribution >= 4 is 34.3 Å². The number of hydrogen-bond acceptors (Lipinski definition) is 6. The van der Waals surface area contributed by atoms with Crippen LogP contribution in [0.4, 0.5) is 22.2 Å². The fraction of sp³-hybridized carbons (Fsp3) is 0.318. The van der Waals surface area contributed by atoms with Gasteiger partial charge in [0.25, 0.3) is 0 Å². The molecule has 0 radical (unpaired) electrons. The average molecular weight is 406 g/mol. The monoisotopic (exact) mass is 406 g/mol. The van der Waals surface area contributed by atoms with Gasteiger partial charge < -0.3 is 15.5 Å². The third-order valence-electron chi connectivity index (χ3n) is 4.93. The second kappa shape index (κ2) is 9.51. The Labute approximate surface area is 175 Å². The number of rotatable bonds is 6. The molecule has 30 heavy (non-hydrogen) atoms. The number of nitrogens with zero attached hydrogens (tertiary/aromatic N) is 2. The predicted molar refractivity (Wildman–Crippen MR) is 119 cm³/mol. The fourth-order valence-electron chi connectivity index (χ4n) is 3.46. The molecule has 8 nitrogen and oxygen atoms in total. The maximum absolute atomic E-state index is 12.4. The van der Waals surface area contributed by atoms with Gasteiger partial charge in [0.1, 0.15) is 5.82 Å². The second-order valence-electron chi connectivity index (χ2n) is 7.38. The standard InChI is InChI=1S/C22H26N6O2/c1-15-13-20(23-11-10-18-7-4-12-30-28-18)26-21(24-15)27-22(29)25-19-9-8-16-5-2-3-6-17(16)14-19/h2-3,5-6,8-9,13-14,18,28H,4,7,10-12H2,1H3,(H3,23,24,25,26,27,29). The smallest absolute Gasteiger partial charge is 0.326 e. The van der Waals surface area contributed by atoms with E-state index in [1.54, 1.807) is 0 Å². The van der Waals surface area contributed by atoms with Crippen LogP contribution in [0.25, 0.3) is 10.8 Å². The van der Waals surface area contributed by atoms with Crippen molar-refractivity contribution in [2.75, 3.05) is 29.1 Å². The Morgan fingerprint density at radius 3 is 2.83 bits per heavy atom. The number of amides is 2. The Bertz CT molecular complexity index is 1020. The summed E-state index contributed by atoms with van der Waals surface area (Å²) in [5, 5.41) is 11.0. The number of aromatic nitrogens is 2. The van der Waals surface area contributed by atoms with Crippen molar-refractivity contribution in [2.45, 2.75) is 32.2 Å². The lowest BCUT2D eigenvalue weighted by Crippen LogP contribution is -2.35. The van der Waals surface area contributed by atoms with Crippen molar-refractivity contribution < 1.29 is 9.63 Å². The lowest BCUT2D eigenvalue weighted by molar-refractivity contribution is -0.0198. The molecule has 1 fully saturated rings. The molecule has 8 heteroatoms. The topological polar surface area (TPSA) is 100 Å². The first-order chi connectivity index (χ1) is 14.7. The van der Waals surface area contributed by atoms with Crippen molar-refractivity contribution in [1.82, 2.24) is 15.4 Å². The van der Waals surface area contributed by atoms with Gasteiger partial charge in [0.15, 0.2) is 0 Å². The maximum atomic E-state index is 12.4. The maximum Gasteiger partial charge on any atom is 0.326 e. The van der Waals surface area contributed by atoms with Crippen LogP contribution in [-0.2, 0) is 4.84 Å². The summed E-state index contributed by atoms with van der Waals surface area (Å²) < 4.78 is 0. The summed E-state index contributed by atoms with van der Waals surface area (Å²) in [4.78, 5) is 26.4. The van der Waals surface area contributed by atoms with E-state index in [9.17, 15) is 4.79 Å². The van der Waals surface area contributed by atoms with E-state index >= 15 is 0 Å². The van der Waals surface area contributed by atoms with Gasteiger partial charge >= 0.3 is 6.03 Å². The van der Waals surface area contributed by atoms with Crippen molar-refractivity contribution in [3.05, 3.63) is 54.2 Å². The second-order valence-corrected chi connectivity index (χ2v) is 7.38. The molecule has 4 rings (SSSR count). The Kier molecular flexibility index (Phi) is 6.36. The van der Waals surface area contributed by atoms with Crippen molar-refractivity contribution in [3.63, 3.8) is 0 Å². The van der Waals surface area contributed by atoms with Crippen LogP contribution in [0.3, 0.4) is 0 Å². The van der Waals surface area contributed by atoms with Crippen molar-refractivity contribution in [3.8, 4) is 0 Å².